The van der Waals surface area contributed by atoms with Crippen molar-refractivity contribution in [2.24, 2.45) is 5.73 Å². The number of anilines is 1. The van der Waals surface area contributed by atoms with E-state index in [-0.39, 0.29) is 11.6 Å². The van der Waals surface area contributed by atoms with Gasteiger partial charge in [-0.15, -0.1) is 5.10 Å². The summed E-state index contributed by atoms with van der Waals surface area (Å²) in [6.07, 6.45) is 1.96. The highest BCUT2D eigenvalue weighted by atomic mass is 16.4. The molecule has 2 rings (SSSR count). The van der Waals surface area contributed by atoms with Crippen LogP contribution in [0.25, 0.3) is 0 Å². The van der Waals surface area contributed by atoms with Crippen LogP contribution in [0.5, 0.6) is 0 Å². The summed E-state index contributed by atoms with van der Waals surface area (Å²) in [6, 6.07) is 10.6. The van der Waals surface area contributed by atoms with Gasteiger partial charge in [-0.1, -0.05) is 35.4 Å². The highest BCUT2D eigenvalue weighted by Gasteiger charge is 2.21. The van der Waals surface area contributed by atoms with Crippen LogP contribution in [0.2, 0.25) is 0 Å². The van der Waals surface area contributed by atoms with Crippen LogP contribution >= 0.6 is 0 Å². The lowest BCUT2D eigenvalue weighted by Gasteiger charge is -2.25. The Labute approximate surface area is 119 Å². The van der Waals surface area contributed by atoms with Crippen LogP contribution < -0.4 is 11.1 Å². The number of nitrogens with two attached hydrogens (primary N) is 1. The van der Waals surface area contributed by atoms with Gasteiger partial charge in [0.25, 0.3) is 0 Å². The Morgan fingerprint density at radius 3 is 2.55 bits per heavy atom. The van der Waals surface area contributed by atoms with Crippen molar-refractivity contribution < 1.29 is 4.42 Å². The third kappa shape index (κ3) is 4.06. The van der Waals surface area contributed by atoms with Crippen LogP contribution in [0.4, 0.5) is 6.01 Å². The van der Waals surface area contributed by atoms with Gasteiger partial charge in [0.05, 0.1) is 6.04 Å². The van der Waals surface area contributed by atoms with Gasteiger partial charge in [-0.25, -0.2) is 0 Å². The molecular formula is C15H22N4O. The molecule has 0 aliphatic carbocycles. The molecule has 108 valence electrons. The van der Waals surface area contributed by atoms with E-state index in [0.717, 1.165) is 12.8 Å². The van der Waals surface area contributed by atoms with Gasteiger partial charge in [0, 0.05) is 5.54 Å². The Morgan fingerprint density at radius 1 is 1.25 bits per heavy atom. The first-order chi connectivity index (χ1) is 9.46. The maximum atomic E-state index is 5.70. The Bertz CT molecular complexity index is 534. The largest absolute Gasteiger partial charge is 0.406 e. The van der Waals surface area contributed by atoms with Gasteiger partial charge in [0.1, 0.15) is 0 Å². The van der Waals surface area contributed by atoms with Crippen molar-refractivity contribution in [3.05, 3.63) is 41.8 Å². The van der Waals surface area contributed by atoms with Crippen LogP contribution in [0.3, 0.4) is 0 Å². The molecule has 0 aliphatic rings. The molecule has 5 nitrogen and oxygen atoms in total. The maximum Gasteiger partial charge on any atom is 0.315 e. The minimum atomic E-state index is -0.245. The molecule has 0 saturated heterocycles. The summed E-state index contributed by atoms with van der Waals surface area (Å²) in [4.78, 5) is 0. The van der Waals surface area contributed by atoms with E-state index >= 15 is 0 Å². The Morgan fingerprint density at radius 2 is 1.95 bits per heavy atom. The molecule has 20 heavy (non-hydrogen) atoms. The molecule has 1 atom stereocenters. The van der Waals surface area contributed by atoms with Gasteiger partial charge >= 0.3 is 6.01 Å². The van der Waals surface area contributed by atoms with Crippen LogP contribution in [0, 0.1) is 0 Å². The molecule has 0 spiro atoms. The van der Waals surface area contributed by atoms with Gasteiger partial charge in [0.2, 0.25) is 5.89 Å². The Balaban J connectivity index is 1.92. The summed E-state index contributed by atoms with van der Waals surface area (Å²) >= 11 is 0. The summed E-state index contributed by atoms with van der Waals surface area (Å²) in [5.41, 5.74) is 6.90. The molecule has 1 aromatic carbocycles. The van der Waals surface area contributed by atoms with Crippen LogP contribution in [-0.4, -0.2) is 15.7 Å². The molecule has 1 unspecified atom stereocenters. The zero-order valence-electron chi connectivity index (χ0n) is 12.3. The van der Waals surface area contributed by atoms with Crippen LogP contribution in [0.1, 0.15) is 44.7 Å². The van der Waals surface area contributed by atoms with E-state index in [0.29, 0.717) is 11.9 Å². The molecule has 1 aromatic heterocycles. The Hall–Kier alpha value is -1.88. The molecular weight excluding hydrogens is 252 g/mol. The fraction of sp³-hybridized carbons (Fsp3) is 0.467. The number of benzene rings is 1. The van der Waals surface area contributed by atoms with Gasteiger partial charge in [-0.3, -0.25) is 0 Å². The fourth-order valence-electron chi connectivity index (χ4n) is 1.92. The van der Waals surface area contributed by atoms with E-state index in [2.05, 4.69) is 53.6 Å². The van der Waals surface area contributed by atoms with E-state index in [1.54, 1.807) is 0 Å². The zero-order valence-corrected chi connectivity index (χ0v) is 12.3. The highest BCUT2D eigenvalue weighted by molar-refractivity contribution is 5.24. The summed E-state index contributed by atoms with van der Waals surface area (Å²) in [6.45, 7) is 6.05. The summed E-state index contributed by atoms with van der Waals surface area (Å²) in [5.74, 6) is 0.450. The number of hydrogen-bond acceptors (Lipinski definition) is 5. The number of nitrogens with one attached hydrogen (secondary N) is 1. The predicted molar refractivity (Wildman–Crippen MR) is 79.4 cm³/mol. The first kappa shape index (κ1) is 14.5. The first-order valence-corrected chi connectivity index (χ1v) is 6.87. The quantitative estimate of drug-likeness (QED) is 0.847. The average Bonchev–Trinajstić information content (AvgIpc) is 2.86. The first-order valence-electron chi connectivity index (χ1n) is 6.87. The van der Waals surface area contributed by atoms with Gasteiger partial charge < -0.3 is 15.5 Å². The zero-order chi connectivity index (χ0) is 14.6. The molecule has 0 radical (unpaired) electrons. The lowest BCUT2D eigenvalue weighted by molar-refractivity contribution is 0.444. The number of aromatic nitrogens is 2. The summed E-state index contributed by atoms with van der Waals surface area (Å²) in [7, 11) is 0. The van der Waals surface area contributed by atoms with Gasteiger partial charge in [-0.05, 0) is 39.2 Å². The van der Waals surface area contributed by atoms with Gasteiger partial charge in [0.15, 0.2) is 0 Å². The van der Waals surface area contributed by atoms with Crippen molar-refractivity contribution in [1.29, 1.82) is 0 Å². The molecule has 2 aromatic rings. The third-order valence-corrected chi connectivity index (χ3v) is 3.16. The summed E-state index contributed by atoms with van der Waals surface area (Å²) in [5, 5.41) is 11.2. The number of rotatable bonds is 6. The topological polar surface area (TPSA) is 77.0 Å². The highest BCUT2D eigenvalue weighted by Crippen LogP contribution is 2.20. The van der Waals surface area contributed by atoms with Crippen molar-refractivity contribution in [2.45, 2.75) is 45.2 Å². The molecule has 5 heteroatoms. The SMILES string of the molecule is CC(N)c1nnc(NC(C)(C)CCc2ccccc2)o1. The van der Waals surface area contributed by atoms with E-state index < -0.39 is 0 Å². The lowest BCUT2D eigenvalue weighted by atomic mass is 9.95. The standard InChI is InChI=1S/C15H22N4O/c1-11(16)13-18-19-14(20-13)17-15(2,3)10-9-12-7-5-4-6-8-12/h4-8,11H,9-10,16H2,1-3H3,(H,17,19). The molecule has 0 amide bonds. The van der Waals surface area contributed by atoms with Crippen molar-refractivity contribution >= 4 is 6.01 Å². The second-order valence-corrected chi connectivity index (χ2v) is 5.73. The van der Waals surface area contributed by atoms with Crippen molar-refractivity contribution in [3.63, 3.8) is 0 Å². The smallest absolute Gasteiger partial charge is 0.315 e. The van der Waals surface area contributed by atoms with E-state index in [9.17, 15) is 0 Å². The maximum absolute atomic E-state index is 5.70. The summed E-state index contributed by atoms with van der Waals surface area (Å²) < 4.78 is 5.47. The molecule has 0 bridgehead atoms. The minimum Gasteiger partial charge on any atom is -0.406 e. The number of aryl methyl sites for hydroxylation is 1. The molecule has 0 aliphatic heterocycles. The minimum absolute atomic E-state index is 0.127. The predicted octanol–water partition coefficient (Wildman–Crippen LogP) is 2.91. The fourth-order valence-corrected chi connectivity index (χ4v) is 1.92. The molecule has 3 N–H and O–H groups in total. The molecule has 1 heterocycles. The monoisotopic (exact) mass is 274 g/mol. The number of hydrogen-bond donors (Lipinski definition) is 2. The van der Waals surface area contributed by atoms with E-state index in [1.807, 2.05) is 13.0 Å². The third-order valence-electron chi connectivity index (χ3n) is 3.16. The Kier molecular flexibility index (Phi) is 4.39. The van der Waals surface area contributed by atoms with E-state index in [1.165, 1.54) is 5.56 Å². The lowest BCUT2D eigenvalue weighted by Crippen LogP contribution is -2.31. The van der Waals surface area contributed by atoms with Crippen LogP contribution in [-0.2, 0) is 6.42 Å². The van der Waals surface area contributed by atoms with Crippen LogP contribution in [0.15, 0.2) is 34.7 Å². The van der Waals surface area contributed by atoms with Crippen molar-refractivity contribution in [3.8, 4) is 0 Å². The number of nitrogens with zero attached hydrogens (tertiary/aromatic N) is 2. The van der Waals surface area contributed by atoms with Crippen molar-refractivity contribution in [2.75, 3.05) is 5.32 Å². The van der Waals surface area contributed by atoms with Crippen molar-refractivity contribution in [1.82, 2.24) is 10.2 Å². The van der Waals surface area contributed by atoms with Gasteiger partial charge in [-0.2, -0.15) is 0 Å². The average molecular weight is 274 g/mol. The normalized spacial score (nSPS) is 13.2. The molecule has 0 fully saturated rings. The second kappa shape index (κ2) is 6.05. The second-order valence-electron chi connectivity index (χ2n) is 5.73. The van der Waals surface area contributed by atoms with E-state index in [4.69, 9.17) is 10.2 Å². The molecule has 0 saturated carbocycles.